The van der Waals surface area contributed by atoms with E-state index in [4.69, 9.17) is 0 Å². The Balaban J connectivity index is 1.84. The summed E-state index contributed by atoms with van der Waals surface area (Å²) in [5, 5.41) is 0.993. The molecule has 116 valence electrons. The summed E-state index contributed by atoms with van der Waals surface area (Å²) in [4.78, 5) is 4.59. The Bertz CT molecular complexity index is 1000. The SMILES string of the molecule is O=S(=O)(c1ccc(F)cc1)N1CCc2cc3ccccc3nc21. The molecule has 0 N–H and O–H groups in total. The second kappa shape index (κ2) is 5.03. The van der Waals surface area contributed by atoms with Crippen LogP contribution in [0.3, 0.4) is 0 Å². The molecule has 0 radical (unpaired) electrons. The zero-order valence-corrected chi connectivity index (χ0v) is 12.9. The molecule has 23 heavy (non-hydrogen) atoms. The minimum absolute atomic E-state index is 0.0710. The van der Waals surface area contributed by atoms with Gasteiger partial charge in [0.1, 0.15) is 11.6 Å². The lowest BCUT2D eigenvalue weighted by molar-refractivity contribution is 0.591. The number of hydrogen-bond acceptors (Lipinski definition) is 3. The minimum atomic E-state index is -3.73. The number of halogens is 1. The first-order valence-electron chi connectivity index (χ1n) is 7.23. The molecule has 1 aromatic heterocycles. The molecule has 0 unspecified atom stereocenters. The molecule has 0 saturated carbocycles. The second-order valence-electron chi connectivity index (χ2n) is 5.44. The summed E-state index contributed by atoms with van der Waals surface area (Å²) in [6, 6.07) is 14.5. The van der Waals surface area contributed by atoms with Crippen molar-refractivity contribution in [3.05, 3.63) is 66.0 Å². The van der Waals surface area contributed by atoms with Gasteiger partial charge in [-0.3, -0.25) is 0 Å². The molecule has 3 aromatic rings. The number of hydrogen-bond donors (Lipinski definition) is 0. The van der Waals surface area contributed by atoms with Crippen LogP contribution in [0.25, 0.3) is 10.9 Å². The number of anilines is 1. The lowest BCUT2D eigenvalue weighted by Gasteiger charge is -2.18. The van der Waals surface area contributed by atoms with E-state index >= 15 is 0 Å². The number of para-hydroxylation sites is 1. The Morgan fingerprint density at radius 1 is 1.04 bits per heavy atom. The molecule has 1 aliphatic rings. The van der Waals surface area contributed by atoms with Crippen LogP contribution < -0.4 is 4.31 Å². The maximum Gasteiger partial charge on any atom is 0.265 e. The maximum absolute atomic E-state index is 13.0. The van der Waals surface area contributed by atoms with Gasteiger partial charge >= 0.3 is 0 Å². The Labute approximate surface area is 133 Å². The van der Waals surface area contributed by atoms with Crippen molar-refractivity contribution in [2.24, 2.45) is 0 Å². The van der Waals surface area contributed by atoms with Gasteiger partial charge in [0, 0.05) is 11.9 Å². The molecule has 0 aliphatic carbocycles. The predicted octanol–water partition coefficient (Wildman–Crippen LogP) is 3.13. The first-order valence-corrected chi connectivity index (χ1v) is 8.67. The van der Waals surface area contributed by atoms with Gasteiger partial charge in [0.2, 0.25) is 0 Å². The van der Waals surface area contributed by atoms with Crippen LogP contribution in [-0.2, 0) is 16.4 Å². The molecule has 0 atom stereocenters. The molecule has 6 heteroatoms. The Morgan fingerprint density at radius 3 is 2.57 bits per heavy atom. The number of pyridine rings is 1. The summed E-state index contributed by atoms with van der Waals surface area (Å²) < 4.78 is 40.0. The first-order chi connectivity index (χ1) is 11.1. The lowest BCUT2D eigenvalue weighted by atomic mass is 10.1. The van der Waals surface area contributed by atoms with Crippen molar-refractivity contribution < 1.29 is 12.8 Å². The number of sulfonamides is 1. The number of fused-ring (bicyclic) bond motifs is 2. The van der Waals surface area contributed by atoms with Gasteiger partial charge < -0.3 is 0 Å². The summed E-state index contributed by atoms with van der Waals surface area (Å²) in [6.45, 7) is 0.346. The quantitative estimate of drug-likeness (QED) is 0.726. The fraction of sp³-hybridized carbons (Fsp3) is 0.118. The molecule has 2 aromatic carbocycles. The highest BCUT2D eigenvalue weighted by molar-refractivity contribution is 7.92. The third-order valence-corrected chi connectivity index (χ3v) is 5.81. The molecule has 4 nitrogen and oxygen atoms in total. The van der Waals surface area contributed by atoms with Gasteiger partial charge in [-0.15, -0.1) is 0 Å². The van der Waals surface area contributed by atoms with Gasteiger partial charge in [0.25, 0.3) is 10.0 Å². The number of aromatic nitrogens is 1. The van der Waals surface area contributed by atoms with E-state index in [1.54, 1.807) is 0 Å². The summed E-state index contributed by atoms with van der Waals surface area (Å²) >= 11 is 0. The second-order valence-corrected chi connectivity index (χ2v) is 7.31. The van der Waals surface area contributed by atoms with E-state index in [1.165, 1.54) is 16.4 Å². The molecule has 0 saturated heterocycles. The highest BCUT2D eigenvalue weighted by Crippen LogP contribution is 2.33. The topological polar surface area (TPSA) is 50.3 Å². The van der Waals surface area contributed by atoms with Crippen LogP contribution in [0.1, 0.15) is 5.56 Å². The number of rotatable bonds is 2. The van der Waals surface area contributed by atoms with E-state index in [-0.39, 0.29) is 4.90 Å². The van der Waals surface area contributed by atoms with Crippen LogP contribution in [0.2, 0.25) is 0 Å². The summed E-state index contributed by atoms with van der Waals surface area (Å²) in [5.41, 5.74) is 1.67. The number of nitrogens with zero attached hydrogens (tertiary/aromatic N) is 2. The van der Waals surface area contributed by atoms with Crippen LogP contribution in [0.5, 0.6) is 0 Å². The molecular weight excluding hydrogens is 315 g/mol. The maximum atomic E-state index is 13.0. The van der Waals surface area contributed by atoms with Gasteiger partial charge in [-0.05, 0) is 48.4 Å². The van der Waals surface area contributed by atoms with Crippen molar-refractivity contribution in [3.8, 4) is 0 Å². The van der Waals surface area contributed by atoms with E-state index in [9.17, 15) is 12.8 Å². The third-order valence-electron chi connectivity index (χ3n) is 4.00. The zero-order valence-electron chi connectivity index (χ0n) is 12.1. The standard InChI is InChI=1S/C17H13FN2O2S/c18-14-5-7-15(8-6-14)23(21,22)20-10-9-13-11-12-3-1-2-4-16(12)19-17(13)20/h1-8,11H,9-10H2. The van der Waals surface area contributed by atoms with E-state index in [0.717, 1.165) is 28.6 Å². The van der Waals surface area contributed by atoms with Gasteiger partial charge in [0.05, 0.1) is 10.4 Å². The van der Waals surface area contributed by atoms with Gasteiger partial charge in [-0.25, -0.2) is 22.1 Å². The minimum Gasteiger partial charge on any atom is -0.249 e. The van der Waals surface area contributed by atoms with Crippen molar-refractivity contribution in [2.45, 2.75) is 11.3 Å². The van der Waals surface area contributed by atoms with Crippen LogP contribution in [0.4, 0.5) is 10.2 Å². The fourth-order valence-corrected chi connectivity index (χ4v) is 4.30. The molecule has 0 spiro atoms. The normalized spacial score (nSPS) is 14.2. The van der Waals surface area contributed by atoms with Crippen molar-refractivity contribution >= 4 is 26.7 Å². The fourth-order valence-electron chi connectivity index (χ4n) is 2.85. The van der Waals surface area contributed by atoms with Gasteiger partial charge in [0.15, 0.2) is 0 Å². The monoisotopic (exact) mass is 328 g/mol. The van der Waals surface area contributed by atoms with Crippen molar-refractivity contribution in [1.82, 2.24) is 4.98 Å². The van der Waals surface area contributed by atoms with Gasteiger partial charge in [-0.2, -0.15) is 0 Å². The highest BCUT2D eigenvalue weighted by atomic mass is 32.2. The Kier molecular flexibility index (Phi) is 3.09. The van der Waals surface area contributed by atoms with E-state index in [0.29, 0.717) is 18.8 Å². The average Bonchev–Trinajstić information content (AvgIpc) is 2.96. The van der Waals surface area contributed by atoms with Crippen LogP contribution >= 0.6 is 0 Å². The molecule has 2 heterocycles. The predicted molar refractivity (Wildman–Crippen MR) is 86.4 cm³/mol. The van der Waals surface area contributed by atoms with Crippen LogP contribution in [-0.4, -0.2) is 19.9 Å². The first kappa shape index (κ1) is 14.1. The molecule has 4 rings (SSSR count). The summed E-state index contributed by atoms with van der Waals surface area (Å²) in [7, 11) is -3.73. The van der Waals surface area contributed by atoms with Crippen molar-refractivity contribution in [2.75, 3.05) is 10.8 Å². The third kappa shape index (κ3) is 2.26. The molecular formula is C17H13FN2O2S. The highest BCUT2D eigenvalue weighted by Gasteiger charge is 2.32. The summed E-state index contributed by atoms with van der Waals surface area (Å²) in [6.07, 6.45) is 0.619. The molecule has 1 aliphatic heterocycles. The van der Waals surface area contributed by atoms with Crippen LogP contribution in [0.15, 0.2) is 59.5 Å². The van der Waals surface area contributed by atoms with Crippen LogP contribution in [0, 0.1) is 5.82 Å². The lowest BCUT2D eigenvalue weighted by Crippen LogP contribution is -2.29. The molecule has 0 amide bonds. The van der Waals surface area contributed by atoms with E-state index in [1.807, 2.05) is 30.3 Å². The largest absolute Gasteiger partial charge is 0.265 e. The Morgan fingerprint density at radius 2 is 1.78 bits per heavy atom. The van der Waals surface area contributed by atoms with Crippen molar-refractivity contribution in [1.29, 1.82) is 0 Å². The Hall–Kier alpha value is -2.47. The number of benzene rings is 2. The zero-order chi connectivity index (χ0) is 16.0. The van der Waals surface area contributed by atoms with Gasteiger partial charge in [-0.1, -0.05) is 18.2 Å². The average molecular weight is 328 g/mol. The van der Waals surface area contributed by atoms with E-state index < -0.39 is 15.8 Å². The van der Waals surface area contributed by atoms with Crippen molar-refractivity contribution in [3.63, 3.8) is 0 Å². The molecule has 0 fully saturated rings. The van der Waals surface area contributed by atoms with E-state index in [2.05, 4.69) is 4.98 Å². The smallest absolute Gasteiger partial charge is 0.249 e. The summed E-state index contributed by atoms with van der Waals surface area (Å²) in [5.74, 6) is 0.00270. The molecule has 0 bridgehead atoms.